The number of amides is 2. The molecule has 0 radical (unpaired) electrons. The number of hydrogen-bond acceptors (Lipinski definition) is 3. The summed E-state index contributed by atoms with van der Waals surface area (Å²) >= 11 is 7.55. The van der Waals surface area contributed by atoms with Crippen molar-refractivity contribution < 1.29 is 9.53 Å². The van der Waals surface area contributed by atoms with E-state index in [2.05, 4.69) is 0 Å². The molecule has 0 aromatic heterocycles. The molecule has 4 rings (SSSR count). The van der Waals surface area contributed by atoms with Crippen LogP contribution in [-0.4, -0.2) is 13.1 Å². The van der Waals surface area contributed by atoms with E-state index in [0.717, 1.165) is 27.6 Å². The first-order valence-electron chi connectivity index (χ1n) is 8.43. The van der Waals surface area contributed by atoms with Crippen LogP contribution in [0.1, 0.15) is 5.56 Å². The number of fused-ring (bicyclic) bond motifs is 1. The molecule has 0 fully saturated rings. The van der Waals surface area contributed by atoms with E-state index in [0.29, 0.717) is 11.6 Å². The zero-order valence-corrected chi connectivity index (χ0v) is 16.2. The zero-order chi connectivity index (χ0) is 18.8. The maximum atomic E-state index is 13.3. The maximum Gasteiger partial charge on any atom is 0.339 e. The smallest absolute Gasteiger partial charge is 0.339 e. The van der Waals surface area contributed by atoms with Gasteiger partial charge in [-0.1, -0.05) is 35.9 Å². The van der Waals surface area contributed by atoms with Gasteiger partial charge in [0.25, 0.3) is 0 Å². The Labute approximate surface area is 167 Å². The standard InChI is InChI=1S/C21H17ClN2O2S/c1-26-18-11-9-17(10-12-18)24-21(25)23(14-15-5-4-6-16(22)13-15)19-7-2-3-8-20(19)27-24/h2-13H,14H2,1H3. The number of rotatable bonds is 4. The Bertz CT molecular complexity index is 978. The summed E-state index contributed by atoms with van der Waals surface area (Å²) in [7, 11) is 1.62. The molecule has 2 amide bonds. The number of ether oxygens (including phenoxy) is 1. The number of carbonyl (C=O) groups excluding carboxylic acids is 1. The number of methoxy groups -OCH3 is 1. The molecule has 3 aromatic carbocycles. The van der Waals surface area contributed by atoms with Crippen molar-refractivity contribution in [2.45, 2.75) is 11.4 Å². The van der Waals surface area contributed by atoms with Gasteiger partial charge in [0.2, 0.25) is 0 Å². The zero-order valence-electron chi connectivity index (χ0n) is 14.6. The molecule has 1 aliphatic heterocycles. The summed E-state index contributed by atoms with van der Waals surface area (Å²) in [5.41, 5.74) is 2.68. The Balaban J connectivity index is 1.71. The average Bonchev–Trinajstić information content (AvgIpc) is 2.70. The van der Waals surface area contributed by atoms with Crippen molar-refractivity contribution in [3.8, 4) is 5.75 Å². The van der Waals surface area contributed by atoms with Crippen LogP contribution < -0.4 is 13.9 Å². The van der Waals surface area contributed by atoms with Gasteiger partial charge in [-0.3, -0.25) is 4.90 Å². The van der Waals surface area contributed by atoms with Crippen LogP contribution in [0.2, 0.25) is 5.02 Å². The lowest BCUT2D eigenvalue weighted by Gasteiger charge is -2.36. The van der Waals surface area contributed by atoms with Gasteiger partial charge in [0.1, 0.15) is 5.75 Å². The molecule has 6 heteroatoms. The van der Waals surface area contributed by atoms with Crippen molar-refractivity contribution in [3.63, 3.8) is 0 Å². The predicted molar refractivity (Wildman–Crippen MR) is 111 cm³/mol. The average molecular weight is 397 g/mol. The molecule has 3 aromatic rings. The largest absolute Gasteiger partial charge is 0.497 e. The van der Waals surface area contributed by atoms with Gasteiger partial charge in [-0.2, -0.15) is 0 Å². The molecule has 0 aliphatic carbocycles. The lowest BCUT2D eigenvalue weighted by Crippen LogP contribution is -2.42. The molecular weight excluding hydrogens is 380 g/mol. The summed E-state index contributed by atoms with van der Waals surface area (Å²) in [5.74, 6) is 0.754. The first-order valence-corrected chi connectivity index (χ1v) is 9.58. The molecule has 1 aliphatic rings. The third kappa shape index (κ3) is 3.61. The summed E-state index contributed by atoms with van der Waals surface area (Å²) in [6.07, 6.45) is 0. The highest BCUT2D eigenvalue weighted by atomic mass is 35.5. The Morgan fingerprint density at radius 2 is 1.78 bits per heavy atom. The molecule has 27 heavy (non-hydrogen) atoms. The second kappa shape index (κ2) is 7.55. The molecular formula is C21H17ClN2O2S. The van der Waals surface area contributed by atoms with Gasteiger partial charge in [0.15, 0.2) is 0 Å². The van der Waals surface area contributed by atoms with E-state index in [1.165, 1.54) is 11.9 Å². The SMILES string of the molecule is COc1ccc(N2Sc3ccccc3N(Cc3cccc(Cl)c3)C2=O)cc1. The number of carbonyl (C=O) groups is 1. The van der Waals surface area contributed by atoms with Crippen molar-refractivity contribution in [2.75, 3.05) is 16.3 Å². The third-order valence-corrected chi connectivity index (χ3v) is 5.61. The minimum absolute atomic E-state index is 0.0937. The fraction of sp³-hybridized carbons (Fsp3) is 0.0952. The normalized spacial score (nSPS) is 13.5. The highest BCUT2D eigenvalue weighted by Crippen LogP contribution is 2.42. The Hall–Kier alpha value is -2.63. The number of anilines is 2. The summed E-state index contributed by atoms with van der Waals surface area (Å²) in [4.78, 5) is 16.1. The van der Waals surface area contributed by atoms with Crippen LogP contribution in [0.3, 0.4) is 0 Å². The minimum atomic E-state index is -0.0937. The molecule has 1 heterocycles. The molecule has 0 N–H and O–H groups in total. The minimum Gasteiger partial charge on any atom is -0.497 e. The van der Waals surface area contributed by atoms with Gasteiger partial charge >= 0.3 is 6.03 Å². The Morgan fingerprint density at radius 3 is 2.52 bits per heavy atom. The van der Waals surface area contributed by atoms with Crippen LogP contribution in [-0.2, 0) is 6.54 Å². The van der Waals surface area contributed by atoms with Crippen molar-refractivity contribution in [1.29, 1.82) is 0 Å². The number of benzene rings is 3. The second-order valence-electron chi connectivity index (χ2n) is 6.05. The van der Waals surface area contributed by atoms with Crippen molar-refractivity contribution in [1.82, 2.24) is 0 Å². The van der Waals surface area contributed by atoms with E-state index < -0.39 is 0 Å². The van der Waals surface area contributed by atoms with Crippen molar-refractivity contribution >= 4 is 41.0 Å². The summed E-state index contributed by atoms with van der Waals surface area (Å²) in [5, 5.41) is 0.659. The Morgan fingerprint density at radius 1 is 1.00 bits per heavy atom. The molecule has 0 saturated carbocycles. The van der Waals surface area contributed by atoms with Crippen LogP contribution in [0.25, 0.3) is 0 Å². The highest BCUT2D eigenvalue weighted by Gasteiger charge is 2.32. The fourth-order valence-electron chi connectivity index (χ4n) is 2.96. The van der Waals surface area contributed by atoms with E-state index in [4.69, 9.17) is 16.3 Å². The lowest BCUT2D eigenvalue weighted by molar-refractivity contribution is 0.254. The summed E-state index contributed by atoms with van der Waals surface area (Å²) in [6.45, 7) is 0.448. The van der Waals surface area contributed by atoms with Crippen LogP contribution in [0, 0.1) is 0 Å². The van der Waals surface area contributed by atoms with Gasteiger partial charge in [-0.05, 0) is 66.0 Å². The van der Waals surface area contributed by atoms with Gasteiger partial charge in [0.05, 0.1) is 29.9 Å². The number of nitrogens with zero attached hydrogens (tertiary/aromatic N) is 2. The molecule has 0 atom stereocenters. The van der Waals surface area contributed by atoms with Gasteiger partial charge in [0, 0.05) is 5.02 Å². The van der Waals surface area contributed by atoms with E-state index in [-0.39, 0.29) is 6.03 Å². The number of hydrogen-bond donors (Lipinski definition) is 0. The topological polar surface area (TPSA) is 32.8 Å². The monoisotopic (exact) mass is 396 g/mol. The number of para-hydroxylation sites is 1. The van der Waals surface area contributed by atoms with E-state index in [9.17, 15) is 4.79 Å². The van der Waals surface area contributed by atoms with Crippen LogP contribution in [0.4, 0.5) is 16.2 Å². The molecule has 0 unspecified atom stereocenters. The molecule has 0 saturated heterocycles. The first kappa shape index (κ1) is 17.8. The van der Waals surface area contributed by atoms with Crippen LogP contribution >= 0.6 is 23.5 Å². The number of urea groups is 1. The number of halogens is 1. The van der Waals surface area contributed by atoms with E-state index >= 15 is 0 Å². The van der Waals surface area contributed by atoms with Crippen LogP contribution in [0.15, 0.2) is 77.7 Å². The fourth-order valence-corrected chi connectivity index (χ4v) is 4.18. The molecule has 136 valence electrons. The Kier molecular flexibility index (Phi) is 4.97. The lowest BCUT2D eigenvalue weighted by atomic mass is 10.2. The van der Waals surface area contributed by atoms with Gasteiger partial charge in [-0.25, -0.2) is 9.10 Å². The maximum absolute atomic E-state index is 13.3. The quantitative estimate of drug-likeness (QED) is 0.507. The van der Waals surface area contributed by atoms with Gasteiger partial charge < -0.3 is 4.74 Å². The molecule has 0 spiro atoms. The van der Waals surface area contributed by atoms with Crippen molar-refractivity contribution in [2.24, 2.45) is 0 Å². The van der Waals surface area contributed by atoms with Crippen molar-refractivity contribution in [3.05, 3.63) is 83.4 Å². The van der Waals surface area contributed by atoms with E-state index in [1.54, 1.807) is 16.3 Å². The van der Waals surface area contributed by atoms with Crippen LogP contribution in [0.5, 0.6) is 5.75 Å². The molecule has 0 bridgehead atoms. The first-order chi connectivity index (χ1) is 13.2. The highest BCUT2D eigenvalue weighted by molar-refractivity contribution is 8.01. The molecule has 4 nitrogen and oxygen atoms in total. The second-order valence-corrected chi connectivity index (χ2v) is 7.47. The van der Waals surface area contributed by atoms with Gasteiger partial charge in [-0.15, -0.1) is 0 Å². The predicted octanol–water partition coefficient (Wildman–Crippen LogP) is 6.00. The summed E-state index contributed by atoms with van der Waals surface area (Å²) in [6, 6.07) is 22.9. The third-order valence-electron chi connectivity index (χ3n) is 4.29. The summed E-state index contributed by atoms with van der Waals surface area (Å²) < 4.78 is 6.92. The van der Waals surface area contributed by atoms with E-state index in [1.807, 2.05) is 72.8 Å².